The number of fused-ring (bicyclic) bond motifs is 2. The molecule has 0 aromatic heterocycles. The first-order chi connectivity index (χ1) is 11.8. The molecule has 10 heteroatoms. The third kappa shape index (κ3) is 2.69. The summed E-state index contributed by atoms with van der Waals surface area (Å²) in [6.45, 7) is -1.27. The number of aliphatic hydroxyl groups is 1. The van der Waals surface area contributed by atoms with Crippen molar-refractivity contribution in [3.8, 4) is 5.75 Å². The Morgan fingerprint density at radius 1 is 1.24 bits per heavy atom. The van der Waals surface area contributed by atoms with Crippen LogP contribution in [0.15, 0.2) is 24.3 Å². The Balaban J connectivity index is 2.05. The maximum atomic E-state index is 12.5. The Hall–Kier alpha value is -2.69. The van der Waals surface area contributed by atoms with Crippen molar-refractivity contribution in [3.63, 3.8) is 0 Å². The van der Waals surface area contributed by atoms with Crippen molar-refractivity contribution >= 4 is 17.8 Å². The minimum Gasteiger partial charge on any atom is -0.508 e. The van der Waals surface area contributed by atoms with Crippen LogP contribution in [0.2, 0.25) is 0 Å². The number of rotatable bonds is 5. The van der Waals surface area contributed by atoms with E-state index in [1.165, 1.54) is 24.3 Å². The molecule has 134 valence electrons. The van der Waals surface area contributed by atoms with Crippen molar-refractivity contribution in [2.45, 2.75) is 24.0 Å². The molecule has 0 saturated carbocycles. The summed E-state index contributed by atoms with van der Waals surface area (Å²) in [7, 11) is 0. The molecule has 10 nitrogen and oxygen atoms in total. The van der Waals surface area contributed by atoms with E-state index in [1.807, 2.05) is 0 Å². The molecule has 2 saturated heterocycles. The first-order valence-electron chi connectivity index (χ1n) is 7.31. The van der Waals surface area contributed by atoms with Gasteiger partial charge in [0, 0.05) is 5.56 Å². The van der Waals surface area contributed by atoms with Gasteiger partial charge < -0.3 is 34.8 Å². The summed E-state index contributed by atoms with van der Waals surface area (Å²) >= 11 is 0. The number of aromatic hydroxyl groups is 1. The van der Waals surface area contributed by atoms with Crippen molar-refractivity contribution in [1.82, 2.24) is 4.90 Å². The second kappa shape index (κ2) is 5.99. The summed E-state index contributed by atoms with van der Waals surface area (Å²) in [6.07, 6.45) is -3.17. The fourth-order valence-electron chi connectivity index (χ4n) is 2.98. The number of ether oxygens (including phenoxy) is 2. The highest BCUT2D eigenvalue weighted by Gasteiger charge is 2.61. The van der Waals surface area contributed by atoms with Gasteiger partial charge in [0.25, 0.3) is 5.91 Å². The Bertz CT molecular complexity index is 718. The van der Waals surface area contributed by atoms with E-state index in [4.69, 9.17) is 9.47 Å². The molecule has 3 rings (SSSR count). The minimum atomic E-state index is -1.71. The van der Waals surface area contributed by atoms with Gasteiger partial charge in [-0.3, -0.25) is 4.79 Å². The lowest BCUT2D eigenvalue weighted by Crippen LogP contribution is -2.59. The molecule has 2 fully saturated rings. The molecule has 25 heavy (non-hydrogen) atoms. The number of aliphatic hydroxyl groups excluding tert-OH is 1. The topological polar surface area (TPSA) is 154 Å². The van der Waals surface area contributed by atoms with Gasteiger partial charge in [-0.05, 0) is 24.3 Å². The lowest BCUT2D eigenvalue weighted by atomic mass is 10.0. The number of carboxylic acids is 2. The number of carbonyl (C=O) groups is 3. The van der Waals surface area contributed by atoms with Crippen LogP contribution in [-0.4, -0.2) is 74.6 Å². The molecule has 2 heterocycles. The molecule has 2 aliphatic heterocycles. The summed E-state index contributed by atoms with van der Waals surface area (Å²) in [5.74, 6) is -5.52. The van der Waals surface area contributed by atoms with Crippen LogP contribution < -0.4 is 0 Å². The number of hydrogen-bond acceptors (Lipinski definition) is 7. The largest absolute Gasteiger partial charge is 0.508 e. The average Bonchev–Trinajstić information content (AvgIpc) is 2.90. The fraction of sp³-hybridized carbons (Fsp3) is 0.400. The number of nitrogens with zero attached hydrogens (tertiary/aromatic N) is 1. The maximum absolute atomic E-state index is 12.5. The first kappa shape index (κ1) is 17.1. The third-order valence-electron chi connectivity index (χ3n) is 4.20. The van der Waals surface area contributed by atoms with E-state index < -0.39 is 55.0 Å². The zero-order valence-electron chi connectivity index (χ0n) is 12.7. The summed E-state index contributed by atoms with van der Waals surface area (Å²) in [5, 5.41) is 37.2. The molecule has 0 aliphatic carbocycles. The predicted molar refractivity (Wildman–Crippen MR) is 77.4 cm³/mol. The van der Waals surface area contributed by atoms with Crippen molar-refractivity contribution in [1.29, 1.82) is 0 Å². The van der Waals surface area contributed by atoms with Gasteiger partial charge in [-0.15, -0.1) is 0 Å². The molecular formula is C15H15NO9. The Labute approximate surface area is 140 Å². The number of carbonyl (C=O) groups excluding carboxylic acids is 1. The summed E-state index contributed by atoms with van der Waals surface area (Å²) in [4.78, 5) is 36.1. The maximum Gasteiger partial charge on any atom is 0.336 e. The molecule has 4 N–H and O–H groups in total. The van der Waals surface area contributed by atoms with Crippen LogP contribution in [0.5, 0.6) is 5.75 Å². The number of carboxylic acid groups (broad SMARTS) is 2. The van der Waals surface area contributed by atoms with Gasteiger partial charge in [-0.25, -0.2) is 9.59 Å². The summed E-state index contributed by atoms with van der Waals surface area (Å²) in [5.41, 5.74) is 0.304. The van der Waals surface area contributed by atoms with Crippen molar-refractivity contribution in [3.05, 3.63) is 29.8 Å². The molecular weight excluding hydrogens is 338 g/mol. The summed E-state index contributed by atoms with van der Waals surface area (Å²) < 4.78 is 11.0. The lowest BCUT2D eigenvalue weighted by molar-refractivity contribution is -0.224. The number of hydrogen-bond donors (Lipinski definition) is 4. The highest BCUT2D eigenvalue weighted by molar-refractivity contribution is 5.92. The van der Waals surface area contributed by atoms with Crippen molar-refractivity contribution in [2.24, 2.45) is 0 Å². The number of phenols is 1. The minimum absolute atomic E-state index is 0.0491. The molecule has 0 radical (unpaired) electrons. The monoisotopic (exact) mass is 353 g/mol. The van der Waals surface area contributed by atoms with Gasteiger partial charge in [0.15, 0.2) is 18.2 Å². The zero-order valence-corrected chi connectivity index (χ0v) is 12.7. The molecule has 1 amide bonds. The molecule has 4 atom stereocenters. The van der Waals surface area contributed by atoms with Gasteiger partial charge in [-0.1, -0.05) is 0 Å². The first-order valence-corrected chi connectivity index (χ1v) is 7.31. The van der Waals surface area contributed by atoms with Crippen LogP contribution in [-0.2, 0) is 29.6 Å². The molecule has 1 aromatic carbocycles. The van der Waals surface area contributed by atoms with Crippen LogP contribution >= 0.6 is 0 Å². The van der Waals surface area contributed by atoms with Crippen molar-refractivity contribution in [2.75, 3.05) is 13.2 Å². The average molecular weight is 353 g/mol. The van der Waals surface area contributed by atoms with E-state index in [9.17, 15) is 34.8 Å². The summed E-state index contributed by atoms with van der Waals surface area (Å²) in [6, 6.07) is 3.91. The normalized spacial score (nSPS) is 29.5. The molecule has 2 aliphatic rings. The van der Waals surface area contributed by atoms with Crippen LogP contribution in [0.4, 0.5) is 0 Å². The van der Waals surface area contributed by atoms with Gasteiger partial charge in [-0.2, -0.15) is 0 Å². The van der Waals surface area contributed by atoms with E-state index in [1.54, 1.807) is 0 Å². The van der Waals surface area contributed by atoms with E-state index >= 15 is 0 Å². The highest BCUT2D eigenvalue weighted by Crippen LogP contribution is 2.43. The van der Waals surface area contributed by atoms with E-state index in [2.05, 4.69) is 0 Å². The van der Waals surface area contributed by atoms with Gasteiger partial charge >= 0.3 is 11.9 Å². The SMILES string of the molecule is O=C(O)C1OC2(c3ccc(O)cc3)CN(C(CO)C(=O)O)C(=O)C1O2. The second-order valence-corrected chi connectivity index (χ2v) is 5.72. The second-order valence-electron chi connectivity index (χ2n) is 5.72. The molecule has 1 aromatic rings. The van der Waals surface area contributed by atoms with Crippen LogP contribution in [0, 0.1) is 0 Å². The van der Waals surface area contributed by atoms with E-state index in [0.717, 1.165) is 4.90 Å². The molecule has 0 spiro atoms. The quantitative estimate of drug-likeness (QED) is 0.506. The number of benzene rings is 1. The van der Waals surface area contributed by atoms with Crippen molar-refractivity contribution < 1.29 is 44.3 Å². The standard InChI is InChI=1S/C15H15NO9/c17-5-9(13(20)21)16-6-15(7-1-3-8(18)4-2-7)24-10(12(16)19)11(25-15)14(22)23/h1-4,9-11,17-18H,5-6H2,(H,20,21)(H,22,23). The van der Waals surface area contributed by atoms with Gasteiger partial charge in [0.2, 0.25) is 5.79 Å². The smallest absolute Gasteiger partial charge is 0.336 e. The number of phenolic OH excluding ortho intramolecular Hbond substituents is 1. The fourth-order valence-corrected chi connectivity index (χ4v) is 2.98. The van der Waals surface area contributed by atoms with Gasteiger partial charge in [0.05, 0.1) is 13.2 Å². The highest BCUT2D eigenvalue weighted by atomic mass is 16.8. The number of aliphatic carboxylic acids is 2. The lowest BCUT2D eigenvalue weighted by Gasteiger charge is -2.40. The Morgan fingerprint density at radius 3 is 2.40 bits per heavy atom. The number of morpholine rings is 1. The van der Waals surface area contributed by atoms with Crippen LogP contribution in [0.1, 0.15) is 5.56 Å². The number of amides is 1. The van der Waals surface area contributed by atoms with Gasteiger partial charge in [0.1, 0.15) is 5.75 Å². The van der Waals surface area contributed by atoms with Crippen LogP contribution in [0.3, 0.4) is 0 Å². The van der Waals surface area contributed by atoms with E-state index in [-0.39, 0.29) is 5.75 Å². The van der Waals surface area contributed by atoms with Crippen LogP contribution in [0.25, 0.3) is 0 Å². The Kier molecular flexibility index (Phi) is 4.11. The molecule has 2 bridgehead atoms. The third-order valence-corrected chi connectivity index (χ3v) is 4.20. The molecule has 4 unspecified atom stereocenters. The Morgan fingerprint density at radius 2 is 1.88 bits per heavy atom. The van der Waals surface area contributed by atoms with E-state index in [0.29, 0.717) is 5.56 Å². The zero-order chi connectivity index (χ0) is 18.4. The predicted octanol–water partition coefficient (Wildman–Crippen LogP) is -1.30.